The fraction of sp³-hybridized carbons (Fsp3) is 0.500. The van der Waals surface area contributed by atoms with Crippen LogP contribution in [0.1, 0.15) is 24.5 Å². The average Bonchev–Trinajstić information content (AvgIpc) is 2.35. The second kappa shape index (κ2) is 5.32. The van der Waals surface area contributed by atoms with E-state index in [4.69, 9.17) is 4.74 Å². The third kappa shape index (κ3) is 3.07. The predicted octanol–water partition coefficient (Wildman–Crippen LogP) is 2.03. The first kappa shape index (κ1) is 12.1. The summed E-state index contributed by atoms with van der Waals surface area (Å²) in [6, 6.07) is 6.26. The highest BCUT2D eigenvalue weighted by Gasteiger charge is 2.16. The molecule has 1 aliphatic heterocycles. The number of hydrogen-bond acceptors (Lipinski definition) is 3. The Morgan fingerprint density at radius 1 is 1.41 bits per heavy atom. The molecule has 2 rings (SSSR count). The molecule has 1 aliphatic rings. The van der Waals surface area contributed by atoms with E-state index in [0.717, 1.165) is 31.8 Å². The Kier molecular flexibility index (Phi) is 3.79. The summed E-state index contributed by atoms with van der Waals surface area (Å²) in [5.41, 5.74) is 2.74. The minimum atomic E-state index is 0.269. The van der Waals surface area contributed by atoms with Gasteiger partial charge in [-0.1, -0.05) is 6.07 Å². The van der Waals surface area contributed by atoms with E-state index in [2.05, 4.69) is 17.0 Å². The lowest BCUT2D eigenvalue weighted by molar-refractivity contribution is -0.117. The van der Waals surface area contributed by atoms with Gasteiger partial charge in [-0.15, -0.1) is 0 Å². The van der Waals surface area contributed by atoms with Gasteiger partial charge in [0.1, 0.15) is 11.5 Å². The van der Waals surface area contributed by atoms with Crippen LogP contribution in [0.25, 0.3) is 0 Å². The summed E-state index contributed by atoms with van der Waals surface area (Å²) in [7, 11) is 1.70. The fourth-order valence-electron chi connectivity index (χ4n) is 2.22. The van der Waals surface area contributed by atoms with Gasteiger partial charge in [-0.25, -0.2) is 0 Å². The monoisotopic (exact) mass is 233 g/mol. The number of rotatable bonds is 4. The highest BCUT2D eigenvalue weighted by Crippen LogP contribution is 2.23. The molecule has 0 radical (unpaired) electrons. The number of fused-ring (bicyclic) bond motifs is 1. The van der Waals surface area contributed by atoms with Crippen LogP contribution in [-0.2, 0) is 17.8 Å². The van der Waals surface area contributed by atoms with Crippen molar-refractivity contribution in [1.29, 1.82) is 0 Å². The zero-order valence-corrected chi connectivity index (χ0v) is 10.5. The van der Waals surface area contributed by atoms with Crippen molar-refractivity contribution >= 4 is 5.78 Å². The number of hydrogen-bond donors (Lipinski definition) is 0. The van der Waals surface area contributed by atoms with Crippen LogP contribution in [-0.4, -0.2) is 30.9 Å². The highest BCUT2D eigenvalue weighted by atomic mass is 16.5. The molecule has 0 spiro atoms. The van der Waals surface area contributed by atoms with Crippen LogP contribution in [0.2, 0.25) is 0 Å². The summed E-state index contributed by atoms with van der Waals surface area (Å²) in [6.07, 6.45) is 1.70. The second-order valence-corrected chi connectivity index (χ2v) is 4.61. The molecule has 0 unspecified atom stereocenters. The largest absolute Gasteiger partial charge is 0.497 e. The van der Waals surface area contributed by atoms with Gasteiger partial charge < -0.3 is 4.74 Å². The zero-order chi connectivity index (χ0) is 12.3. The summed E-state index contributed by atoms with van der Waals surface area (Å²) in [5, 5.41) is 0. The van der Waals surface area contributed by atoms with E-state index in [9.17, 15) is 4.79 Å². The van der Waals surface area contributed by atoms with Gasteiger partial charge in [0.05, 0.1) is 7.11 Å². The van der Waals surface area contributed by atoms with Crippen LogP contribution in [0.3, 0.4) is 0 Å². The van der Waals surface area contributed by atoms with Crippen molar-refractivity contribution < 1.29 is 9.53 Å². The van der Waals surface area contributed by atoms with Crippen LogP contribution >= 0.6 is 0 Å². The van der Waals surface area contributed by atoms with E-state index >= 15 is 0 Å². The van der Waals surface area contributed by atoms with Crippen molar-refractivity contribution in [3.05, 3.63) is 29.3 Å². The summed E-state index contributed by atoms with van der Waals surface area (Å²) in [5.74, 6) is 1.20. The standard InChI is InChI=1S/C14H19NO2/c1-11(16)5-7-15-8-6-12-9-14(17-2)4-3-13(12)10-15/h3-4,9H,5-8,10H2,1-2H3. The van der Waals surface area contributed by atoms with Crippen LogP contribution in [0.4, 0.5) is 0 Å². The maximum absolute atomic E-state index is 11.0. The minimum Gasteiger partial charge on any atom is -0.497 e. The lowest BCUT2D eigenvalue weighted by Crippen LogP contribution is -2.32. The molecule has 0 bridgehead atoms. The maximum atomic E-state index is 11.0. The summed E-state index contributed by atoms with van der Waals surface area (Å²) >= 11 is 0. The zero-order valence-electron chi connectivity index (χ0n) is 10.5. The number of carbonyl (C=O) groups excluding carboxylic acids is 1. The normalized spacial score (nSPS) is 15.4. The van der Waals surface area contributed by atoms with Gasteiger partial charge in [0, 0.05) is 26.1 Å². The van der Waals surface area contributed by atoms with Crippen molar-refractivity contribution in [2.75, 3.05) is 20.2 Å². The first-order valence-corrected chi connectivity index (χ1v) is 6.06. The Labute approximate surface area is 102 Å². The van der Waals surface area contributed by atoms with Crippen molar-refractivity contribution in [3.63, 3.8) is 0 Å². The summed E-state index contributed by atoms with van der Waals surface area (Å²) in [4.78, 5) is 13.3. The van der Waals surface area contributed by atoms with Gasteiger partial charge in [-0.2, -0.15) is 0 Å². The molecular formula is C14H19NO2. The molecule has 0 aromatic heterocycles. The number of nitrogens with zero attached hydrogens (tertiary/aromatic N) is 1. The van der Waals surface area contributed by atoms with Gasteiger partial charge in [-0.3, -0.25) is 9.69 Å². The molecule has 0 amide bonds. The van der Waals surface area contributed by atoms with Gasteiger partial charge in [0.2, 0.25) is 0 Å². The SMILES string of the molecule is COc1ccc2c(c1)CCN(CCC(C)=O)C2. The smallest absolute Gasteiger partial charge is 0.131 e. The number of ketones is 1. The van der Waals surface area contributed by atoms with Crippen molar-refractivity contribution in [2.24, 2.45) is 0 Å². The fourth-order valence-corrected chi connectivity index (χ4v) is 2.22. The topological polar surface area (TPSA) is 29.5 Å². The van der Waals surface area contributed by atoms with Gasteiger partial charge in [-0.05, 0) is 36.6 Å². The van der Waals surface area contributed by atoms with Crippen molar-refractivity contribution in [1.82, 2.24) is 4.90 Å². The molecular weight excluding hydrogens is 214 g/mol. The van der Waals surface area contributed by atoms with E-state index in [0.29, 0.717) is 6.42 Å². The van der Waals surface area contributed by atoms with Crippen LogP contribution in [0, 0.1) is 0 Å². The summed E-state index contributed by atoms with van der Waals surface area (Å²) < 4.78 is 5.23. The molecule has 92 valence electrons. The van der Waals surface area contributed by atoms with Crippen LogP contribution < -0.4 is 4.74 Å². The molecule has 0 saturated heterocycles. The Hall–Kier alpha value is -1.35. The average molecular weight is 233 g/mol. The first-order valence-electron chi connectivity index (χ1n) is 6.06. The third-order valence-electron chi connectivity index (χ3n) is 3.28. The number of Topliss-reactive ketones (excluding diaryl/α,β-unsaturated/α-hetero) is 1. The van der Waals surface area contributed by atoms with Crippen LogP contribution in [0.5, 0.6) is 5.75 Å². The predicted molar refractivity (Wildman–Crippen MR) is 67.3 cm³/mol. The van der Waals surface area contributed by atoms with E-state index in [1.807, 2.05) is 6.07 Å². The Bertz CT molecular complexity index is 415. The third-order valence-corrected chi connectivity index (χ3v) is 3.28. The number of ether oxygens (including phenoxy) is 1. The van der Waals surface area contributed by atoms with E-state index in [1.54, 1.807) is 14.0 Å². The van der Waals surface area contributed by atoms with Gasteiger partial charge in [0.25, 0.3) is 0 Å². The van der Waals surface area contributed by atoms with E-state index in [-0.39, 0.29) is 5.78 Å². The van der Waals surface area contributed by atoms with E-state index in [1.165, 1.54) is 11.1 Å². The molecule has 0 aliphatic carbocycles. The van der Waals surface area contributed by atoms with Crippen molar-refractivity contribution in [2.45, 2.75) is 26.3 Å². The van der Waals surface area contributed by atoms with Crippen molar-refractivity contribution in [3.8, 4) is 5.75 Å². The van der Waals surface area contributed by atoms with E-state index < -0.39 is 0 Å². The molecule has 3 heteroatoms. The second-order valence-electron chi connectivity index (χ2n) is 4.61. The molecule has 1 heterocycles. The maximum Gasteiger partial charge on any atom is 0.131 e. The molecule has 0 fully saturated rings. The quantitative estimate of drug-likeness (QED) is 0.797. The molecule has 0 N–H and O–H groups in total. The molecule has 1 aromatic carbocycles. The van der Waals surface area contributed by atoms with Crippen LogP contribution in [0.15, 0.2) is 18.2 Å². The Morgan fingerprint density at radius 3 is 2.94 bits per heavy atom. The minimum absolute atomic E-state index is 0.269. The lowest BCUT2D eigenvalue weighted by Gasteiger charge is -2.28. The molecule has 0 saturated carbocycles. The number of carbonyl (C=O) groups is 1. The Balaban J connectivity index is 2.01. The van der Waals surface area contributed by atoms with Gasteiger partial charge in [0.15, 0.2) is 0 Å². The highest BCUT2D eigenvalue weighted by molar-refractivity contribution is 5.75. The Morgan fingerprint density at radius 2 is 2.24 bits per heavy atom. The molecule has 17 heavy (non-hydrogen) atoms. The molecule has 1 aromatic rings. The first-order chi connectivity index (χ1) is 8.19. The lowest BCUT2D eigenvalue weighted by atomic mass is 9.99. The number of methoxy groups -OCH3 is 1. The number of benzene rings is 1. The van der Waals surface area contributed by atoms with Gasteiger partial charge >= 0.3 is 0 Å². The summed E-state index contributed by atoms with van der Waals surface area (Å²) in [6.45, 7) is 4.52. The molecule has 0 atom stereocenters. The molecule has 3 nitrogen and oxygen atoms in total.